The van der Waals surface area contributed by atoms with Crippen molar-refractivity contribution in [3.05, 3.63) is 0 Å². The molecule has 0 bridgehead atoms. The monoisotopic (exact) mass is 269 g/mol. The summed E-state index contributed by atoms with van der Waals surface area (Å²) in [4.78, 5) is 0. The van der Waals surface area contributed by atoms with E-state index in [0.717, 1.165) is 31.0 Å². The predicted molar refractivity (Wildman–Crippen MR) is 83.5 cm³/mol. The number of methoxy groups -OCH3 is 1. The predicted octanol–water partition coefficient (Wildman–Crippen LogP) is 4.24. The maximum absolute atomic E-state index is 5.17. The Balaban J connectivity index is 2.48. The van der Waals surface area contributed by atoms with E-state index in [1.165, 1.54) is 38.5 Å². The molecule has 0 aromatic carbocycles. The van der Waals surface area contributed by atoms with Crippen molar-refractivity contribution in [1.29, 1.82) is 0 Å². The van der Waals surface area contributed by atoms with E-state index in [1.807, 2.05) is 0 Å². The van der Waals surface area contributed by atoms with Crippen LogP contribution in [0.4, 0.5) is 0 Å². The first-order chi connectivity index (χ1) is 8.99. The highest BCUT2D eigenvalue weighted by Gasteiger charge is 2.34. The summed E-state index contributed by atoms with van der Waals surface area (Å²) in [5.41, 5.74) is 0.474. The fourth-order valence-corrected chi connectivity index (χ4v) is 3.55. The number of hydrogen-bond acceptors (Lipinski definition) is 2. The Morgan fingerprint density at radius 3 is 2.47 bits per heavy atom. The van der Waals surface area contributed by atoms with Gasteiger partial charge in [0.2, 0.25) is 0 Å². The van der Waals surface area contributed by atoms with Gasteiger partial charge in [0.15, 0.2) is 0 Å². The lowest BCUT2D eigenvalue weighted by molar-refractivity contribution is 0.106. The normalized spacial score (nSPS) is 28.6. The Hall–Kier alpha value is -0.0800. The van der Waals surface area contributed by atoms with Crippen molar-refractivity contribution < 1.29 is 4.74 Å². The lowest BCUT2D eigenvalue weighted by Gasteiger charge is -2.42. The molecule has 1 fully saturated rings. The summed E-state index contributed by atoms with van der Waals surface area (Å²) in [6.07, 6.45) is 8.07. The van der Waals surface area contributed by atoms with E-state index in [9.17, 15) is 0 Å². The lowest BCUT2D eigenvalue weighted by atomic mass is 9.66. The minimum atomic E-state index is 0.474. The second kappa shape index (κ2) is 8.26. The molecule has 1 saturated carbocycles. The molecule has 3 atom stereocenters. The fourth-order valence-electron chi connectivity index (χ4n) is 3.55. The Labute approximate surface area is 120 Å². The second-order valence-corrected chi connectivity index (χ2v) is 7.29. The Morgan fingerprint density at radius 1 is 1.16 bits per heavy atom. The maximum Gasteiger partial charge on any atom is 0.0462 e. The van der Waals surface area contributed by atoms with Crippen molar-refractivity contribution in [2.24, 2.45) is 17.3 Å². The summed E-state index contributed by atoms with van der Waals surface area (Å²) < 4.78 is 5.17. The van der Waals surface area contributed by atoms with Crippen LogP contribution < -0.4 is 5.32 Å². The maximum atomic E-state index is 5.17. The highest BCUT2D eigenvalue weighted by atomic mass is 16.5. The van der Waals surface area contributed by atoms with E-state index in [4.69, 9.17) is 4.74 Å². The molecule has 3 unspecified atom stereocenters. The summed E-state index contributed by atoms with van der Waals surface area (Å²) >= 11 is 0. The Kier molecular flexibility index (Phi) is 7.38. The van der Waals surface area contributed by atoms with Crippen LogP contribution >= 0.6 is 0 Å². The van der Waals surface area contributed by atoms with E-state index >= 15 is 0 Å². The zero-order valence-corrected chi connectivity index (χ0v) is 13.8. The van der Waals surface area contributed by atoms with Crippen molar-refractivity contribution >= 4 is 0 Å². The molecule has 0 aromatic rings. The quantitative estimate of drug-likeness (QED) is 0.698. The van der Waals surface area contributed by atoms with Gasteiger partial charge in [0, 0.05) is 19.8 Å². The fraction of sp³-hybridized carbons (Fsp3) is 1.00. The molecule has 19 heavy (non-hydrogen) atoms. The van der Waals surface area contributed by atoms with Gasteiger partial charge in [-0.05, 0) is 55.9 Å². The van der Waals surface area contributed by atoms with Crippen molar-refractivity contribution in [3.8, 4) is 0 Å². The van der Waals surface area contributed by atoms with Gasteiger partial charge >= 0.3 is 0 Å². The summed E-state index contributed by atoms with van der Waals surface area (Å²) in [6, 6.07) is 0.756. The number of unbranched alkanes of at least 4 members (excludes halogenated alkanes) is 1. The molecule has 0 saturated heterocycles. The topological polar surface area (TPSA) is 21.3 Å². The van der Waals surface area contributed by atoms with E-state index in [0.29, 0.717) is 5.41 Å². The molecule has 1 aliphatic carbocycles. The van der Waals surface area contributed by atoms with Crippen LogP contribution in [0, 0.1) is 17.3 Å². The number of rotatable bonds is 7. The van der Waals surface area contributed by atoms with Gasteiger partial charge in [-0.3, -0.25) is 0 Å². The summed E-state index contributed by atoms with van der Waals surface area (Å²) in [6.45, 7) is 11.5. The van der Waals surface area contributed by atoms with Crippen LogP contribution in [-0.2, 0) is 4.74 Å². The van der Waals surface area contributed by atoms with Crippen LogP contribution in [0.2, 0.25) is 0 Å². The number of ether oxygens (including phenoxy) is 1. The second-order valence-electron chi connectivity index (χ2n) is 7.29. The van der Waals surface area contributed by atoms with E-state index < -0.39 is 0 Å². The third kappa shape index (κ3) is 5.83. The molecule has 0 heterocycles. The van der Waals surface area contributed by atoms with Gasteiger partial charge in [0.25, 0.3) is 0 Å². The minimum absolute atomic E-state index is 0.474. The Bertz CT molecular complexity index is 234. The smallest absolute Gasteiger partial charge is 0.0462 e. The zero-order valence-electron chi connectivity index (χ0n) is 13.8. The number of nitrogens with one attached hydrogen (secondary N) is 1. The van der Waals surface area contributed by atoms with Gasteiger partial charge < -0.3 is 10.1 Å². The number of hydrogen-bond donors (Lipinski definition) is 1. The van der Waals surface area contributed by atoms with Crippen LogP contribution in [0.25, 0.3) is 0 Å². The molecular weight excluding hydrogens is 234 g/mol. The first-order valence-corrected chi connectivity index (χ1v) is 8.21. The average molecular weight is 269 g/mol. The SMILES string of the molecule is CCNC1CCC(C(C)(C)C)CC1CCCCOC. The molecule has 0 amide bonds. The molecule has 114 valence electrons. The van der Waals surface area contributed by atoms with Crippen LogP contribution in [-0.4, -0.2) is 26.3 Å². The lowest BCUT2D eigenvalue weighted by Crippen LogP contribution is -2.42. The van der Waals surface area contributed by atoms with Crippen LogP contribution in [0.3, 0.4) is 0 Å². The van der Waals surface area contributed by atoms with Gasteiger partial charge in [-0.25, -0.2) is 0 Å². The van der Waals surface area contributed by atoms with Gasteiger partial charge in [-0.15, -0.1) is 0 Å². The summed E-state index contributed by atoms with van der Waals surface area (Å²) in [5, 5.41) is 3.72. The van der Waals surface area contributed by atoms with Crippen LogP contribution in [0.5, 0.6) is 0 Å². The molecule has 1 rings (SSSR count). The standard InChI is InChI=1S/C17H35NO/c1-6-18-16-11-10-15(17(2,3)4)13-14(16)9-7-8-12-19-5/h14-16,18H,6-13H2,1-5H3. The van der Waals surface area contributed by atoms with E-state index in [2.05, 4.69) is 33.0 Å². The van der Waals surface area contributed by atoms with Crippen LogP contribution in [0.15, 0.2) is 0 Å². The largest absolute Gasteiger partial charge is 0.385 e. The van der Waals surface area contributed by atoms with Gasteiger partial charge in [-0.2, -0.15) is 0 Å². The van der Waals surface area contributed by atoms with Crippen molar-refractivity contribution in [2.75, 3.05) is 20.3 Å². The molecule has 0 spiro atoms. The van der Waals surface area contributed by atoms with E-state index in [1.54, 1.807) is 7.11 Å². The first-order valence-electron chi connectivity index (χ1n) is 8.21. The van der Waals surface area contributed by atoms with E-state index in [-0.39, 0.29) is 0 Å². The molecule has 2 nitrogen and oxygen atoms in total. The first kappa shape index (κ1) is 17.0. The molecule has 0 aromatic heterocycles. The summed E-state index contributed by atoms with van der Waals surface area (Å²) in [7, 11) is 1.80. The van der Waals surface area contributed by atoms with Crippen LogP contribution in [0.1, 0.15) is 66.2 Å². The third-order valence-electron chi connectivity index (χ3n) is 4.85. The third-order valence-corrected chi connectivity index (χ3v) is 4.85. The molecular formula is C17H35NO. The molecule has 0 aliphatic heterocycles. The molecule has 2 heteroatoms. The van der Waals surface area contributed by atoms with Gasteiger partial charge in [0.05, 0.1) is 0 Å². The molecule has 1 N–H and O–H groups in total. The molecule has 0 radical (unpaired) electrons. The highest BCUT2D eigenvalue weighted by Crippen LogP contribution is 2.41. The molecule has 1 aliphatic rings. The highest BCUT2D eigenvalue weighted by molar-refractivity contribution is 4.88. The summed E-state index contributed by atoms with van der Waals surface area (Å²) in [5.74, 6) is 1.77. The average Bonchev–Trinajstić information content (AvgIpc) is 2.35. The van der Waals surface area contributed by atoms with Gasteiger partial charge in [0.1, 0.15) is 0 Å². The van der Waals surface area contributed by atoms with Gasteiger partial charge in [-0.1, -0.05) is 34.1 Å². The minimum Gasteiger partial charge on any atom is -0.385 e. The Morgan fingerprint density at radius 2 is 1.89 bits per heavy atom. The van der Waals surface area contributed by atoms with Crippen molar-refractivity contribution in [2.45, 2.75) is 72.3 Å². The van der Waals surface area contributed by atoms with Crippen molar-refractivity contribution in [3.63, 3.8) is 0 Å². The zero-order chi connectivity index (χ0) is 14.3. The van der Waals surface area contributed by atoms with Crippen molar-refractivity contribution in [1.82, 2.24) is 5.32 Å².